The molecule has 0 aromatic carbocycles. The van der Waals surface area contributed by atoms with Crippen LogP contribution >= 0.6 is 0 Å². The summed E-state index contributed by atoms with van der Waals surface area (Å²) in [5.41, 5.74) is 8.94. The van der Waals surface area contributed by atoms with E-state index in [9.17, 15) is 50.4 Å². The van der Waals surface area contributed by atoms with Crippen molar-refractivity contribution in [3.05, 3.63) is 10.4 Å². The van der Waals surface area contributed by atoms with Gasteiger partial charge in [-0.05, 0) is 5.53 Å². The van der Waals surface area contributed by atoms with Gasteiger partial charge in [-0.15, -0.1) is 0 Å². The lowest BCUT2D eigenvalue weighted by atomic mass is 9.87. The number of hydrogen-bond acceptors (Lipinski definition) is 13. The molecule has 2 fully saturated rings. The Balaban J connectivity index is 2.39. The molecule has 0 unspecified atom stereocenters. The summed E-state index contributed by atoms with van der Waals surface area (Å²) in [5, 5.41) is 84.3. The topological polar surface area (TPSA) is 284 Å². The molecular formula is C17H28N4O13. The third-order valence-corrected chi connectivity index (χ3v) is 5.55. The molecule has 34 heavy (non-hydrogen) atoms. The SMILES string of the molecule is CC(=O)N[C@H]1[C@H]([C@H](O)[C@H](O)CO)O[C@@](OC[C@H]2O[C@@H](O)[C@H](O)[C@@H](O)[C@H]2O)(C(=O)O)C[C@@H]1N=[N+]=[N-]. The number of carbonyl (C=O) groups excluding carboxylic acids is 1. The fraction of sp³-hybridized carbons (Fsp3) is 0.882. The second-order valence-electron chi connectivity index (χ2n) is 7.93. The van der Waals surface area contributed by atoms with E-state index in [-0.39, 0.29) is 0 Å². The number of carboxylic acid groups (broad SMARTS) is 1. The highest BCUT2D eigenvalue weighted by Crippen LogP contribution is 2.36. The predicted molar refractivity (Wildman–Crippen MR) is 104 cm³/mol. The molecule has 2 saturated heterocycles. The van der Waals surface area contributed by atoms with Gasteiger partial charge in [0.05, 0.1) is 25.3 Å². The van der Waals surface area contributed by atoms with E-state index >= 15 is 0 Å². The third kappa shape index (κ3) is 5.91. The summed E-state index contributed by atoms with van der Waals surface area (Å²) in [4.78, 5) is 26.5. The average molecular weight is 496 g/mol. The molecule has 0 bridgehead atoms. The van der Waals surface area contributed by atoms with Crippen LogP contribution in [0, 0.1) is 0 Å². The van der Waals surface area contributed by atoms with Gasteiger partial charge in [-0.2, -0.15) is 0 Å². The average Bonchev–Trinajstić information content (AvgIpc) is 2.79. The number of aliphatic hydroxyl groups is 7. The van der Waals surface area contributed by atoms with Crippen molar-refractivity contribution in [1.82, 2.24) is 5.32 Å². The normalized spacial score (nSPS) is 40.0. The van der Waals surface area contributed by atoms with E-state index in [2.05, 4.69) is 15.3 Å². The zero-order valence-corrected chi connectivity index (χ0v) is 17.9. The first kappa shape index (κ1) is 28.1. The standard InChI is InChI=1S/C17H28N4O13/c1-5(23)19-9-6(20-21-18)2-17(16(30)31,34-14(9)10(25)7(24)3-22)32-4-8-11(26)12(27)13(28)15(29)33-8/h6-15,22,24-29H,2-4H2,1H3,(H,19,23)(H,30,31)/t6-,7+,8+,9+,10+,11-,12-,13+,14+,15+,17+/m0/s1. The van der Waals surface area contributed by atoms with Gasteiger partial charge in [-0.1, -0.05) is 5.11 Å². The Hall–Kier alpha value is -2.15. The van der Waals surface area contributed by atoms with Crippen LogP contribution in [0.5, 0.6) is 0 Å². The van der Waals surface area contributed by atoms with Crippen molar-refractivity contribution in [2.45, 2.75) is 80.2 Å². The quantitative estimate of drug-likeness (QED) is 0.0824. The molecule has 2 aliphatic rings. The summed E-state index contributed by atoms with van der Waals surface area (Å²) in [5.74, 6) is -5.18. The molecule has 0 spiro atoms. The molecular weight excluding hydrogens is 468 g/mol. The maximum Gasteiger partial charge on any atom is 0.364 e. The first-order chi connectivity index (χ1) is 15.9. The first-order valence-electron chi connectivity index (χ1n) is 10.1. The molecule has 11 atom stereocenters. The van der Waals surface area contributed by atoms with E-state index in [1.54, 1.807) is 0 Å². The Kier molecular flexibility index (Phi) is 9.52. The highest BCUT2D eigenvalue weighted by molar-refractivity contribution is 5.76. The fourth-order valence-corrected chi connectivity index (χ4v) is 3.74. The van der Waals surface area contributed by atoms with E-state index in [0.29, 0.717) is 0 Å². The van der Waals surface area contributed by atoms with Crippen LogP contribution in [0.3, 0.4) is 0 Å². The number of rotatable bonds is 9. The summed E-state index contributed by atoms with van der Waals surface area (Å²) in [6, 6.07) is -2.75. The van der Waals surface area contributed by atoms with Gasteiger partial charge >= 0.3 is 5.97 Å². The molecule has 17 nitrogen and oxygen atoms in total. The van der Waals surface area contributed by atoms with Crippen LogP contribution in [0.15, 0.2) is 5.11 Å². The van der Waals surface area contributed by atoms with E-state index in [1.807, 2.05) is 0 Å². The Morgan fingerprint density at radius 1 is 1.24 bits per heavy atom. The lowest BCUT2D eigenvalue weighted by Crippen LogP contribution is -2.68. The monoisotopic (exact) mass is 496 g/mol. The molecule has 17 heteroatoms. The van der Waals surface area contributed by atoms with Crippen LogP contribution < -0.4 is 5.32 Å². The van der Waals surface area contributed by atoms with E-state index in [4.69, 9.17) is 19.7 Å². The highest BCUT2D eigenvalue weighted by Gasteiger charge is 2.56. The maximum atomic E-state index is 12.2. The molecule has 2 heterocycles. The smallest absolute Gasteiger partial charge is 0.364 e. The Labute approximate surface area is 191 Å². The zero-order valence-electron chi connectivity index (χ0n) is 17.9. The van der Waals surface area contributed by atoms with Crippen molar-refractivity contribution in [2.75, 3.05) is 13.2 Å². The van der Waals surface area contributed by atoms with Crippen molar-refractivity contribution in [3.8, 4) is 0 Å². The van der Waals surface area contributed by atoms with Gasteiger partial charge in [-0.25, -0.2) is 4.79 Å². The molecule has 9 N–H and O–H groups in total. The van der Waals surface area contributed by atoms with Gasteiger partial charge < -0.3 is 60.4 Å². The third-order valence-electron chi connectivity index (χ3n) is 5.55. The van der Waals surface area contributed by atoms with E-state index in [1.165, 1.54) is 0 Å². The number of nitrogens with one attached hydrogen (secondary N) is 1. The summed E-state index contributed by atoms with van der Waals surface area (Å²) in [7, 11) is 0. The number of hydrogen-bond donors (Lipinski definition) is 9. The molecule has 0 saturated carbocycles. The summed E-state index contributed by atoms with van der Waals surface area (Å²) >= 11 is 0. The predicted octanol–water partition coefficient (Wildman–Crippen LogP) is -4.73. The second-order valence-corrected chi connectivity index (χ2v) is 7.93. The number of carbonyl (C=O) groups is 2. The van der Waals surface area contributed by atoms with Gasteiger partial charge in [0.1, 0.15) is 42.7 Å². The van der Waals surface area contributed by atoms with Gasteiger partial charge in [0.2, 0.25) is 5.91 Å². The molecule has 1 amide bonds. The number of carboxylic acids is 1. The first-order valence-corrected chi connectivity index (χ1v) is 10.1. The van der Waals surface area contributed by atoms with Crippen molar-refractivity contribution >= 4 is 11.9 Å². The van der Waals surface area contributed by atoms with Crippen molar-refractivity contribution in [3.63, 3.8) is 0 Å². The molecule has 2 rings (SSSR count). The maximum absolute atomic E-state index is 12.2. The minimum absolute atomic E-state index is 0.675. The number of ether oxygens (including phenoxy) is 3. The molecule has 0 aliphatic carbocycles. The largest absolute Gasteiger partial charge is 0.477 e. The minimum Gasteiger partial charge on any atom is -0.477 e. The van der Waals surface area contributed by atoms with E-state index in [0.717, 1.165) is 6.92 Å². The van der Waals surface area contributed by atoms with Gasteiger partial charge in [0.15, 0.2) is 6.29 Å². The lowest BCUT2D eigenvalue weighted by molar-refractivity contribution is -0.327. The molecule has 0 radical (unpaired) electrons. The lowest BCUT2D eigenvalue weighted by Gasteiger charge is -2.47. The number of aliphatic carboxylic acids is 1. The molecule has 0 aromatic heterocycles. The zero-order chi connectivity index (χ0) is 25.8. The minimum atomic E-state index is -2.70. The van der Waals surface area contributed by atoms with Crippen LogP contribution in [-0.4, -0.2) is 133 Å². The van der Waals surface area contributed by atoms with Crippen LogP contribution in [0.2, 0.25) is 0 Å². The Morgan fingerprint density at radius 2 is 1.88 bits per heavy atom. The number of amides is 1. The van der Waals surface area contributed by atoms with Crippen LogP contribution in [-0.2, 0) is 23.8 Å². The number of aliphatic hydroxyl groups excluding tert-OH is 7. The number of azide groups is 1. The van der Waals surface area contributed by atoms with Crippen LogP contribution in [0.1, 0.15) is 13.3 Å². The Morgan fingerprint density at radius 3 is 2.41 bits per heavy atom. The van der Waals surface area contributed by atoms with Crippen molar-refractivity contribution in [2.24, 2.45) is 5.11 Å². The van der Waals surface area contributed by atoms with E-state index < -0.39 is 98.4 Å². The van der Waals surface area contributed by atoms with Crippen LogP contribution in [0.4, 0.5) is 0 Å². The molecule has 0 aromatic rings. The fourth-order valence-electron chi connectivity index (χ4n) is 3.74. The molecule has 194 valence electrons. The van der Waals surface area contributed by atoms with Gasteiger partial charge in [0, 0.05) is 18.3 Å². The van der Waals surface area contributed by atoms with Crippen molar-refractivity contribution in [1.29, 1.82) is 0 Å². The van der Waals surface area contributed by atoms with Crippen LogP contribution in [0.25, 0.3) is 10.4 Å². The van der Waals surface area contributed by atoms with Gasteiger partial charge in [-0.3, -0.25) is 4.79 Å². The molecule has 2 aliphatic heterocycles. The second kappa shape index (κ2) is 11.5. The summed E-state index contributed by atoms with van der Waals surface area (Å²) in [6.45, 7) is -0.726. The Bertz CT molecular complexity index is 783. The van der Waals surface area contributed by atoms with Crippen molar-refractivity contribution < 1.29 is 64.7 Å². The van der Waals surface area contributed by atoms with Gasteiger partial charge in [0.25, 0.3) is 5.79 Å². The number of nitrogens with zero attached hydrogens (tertiary/aromatic N) is 3. The summed E-state index contributed by atoms with van der Waals surface area (Å²) < 4.78 is 15.7. The summed E-state index contributed by atoms with van der Waals surface area (Å²) in [6.07, 6.45) is -15.4. The highest BCUT2D eigenvalue weighted by atomic mass is 16.7.